The van der Waals surface area contributed by atoms with Crippen LogP contribution < -0.4 is 16.4 Å². The van der Waals surface area contributed by atoms with Crippen LogP contribution in [0.5, 0.6) is 0 Å². The molecule has 0 unspecified atom stereocenters. The molecule has 7 nitrogen and oxygen atoms in total. The van der Waals surface area contributed by atoms with Crippen LogP contribution in [0, 0.1) is 5.92 Å². The second kappa shape index (κ2) is 9.65. The Morgan fingerprint density at radius 1 is 1.03 bits per heavy atom. The number of hydrogen-bond donors (Lipinski definition) is 3. The second-order valence-corrected chi connectivity index (χ2v) is 7.38. The van der Waals surface area contributed by atoms with Crippen molar-refractivity contribution in [2.24, 2.45) is 11.7 Å². The molecule has 3 aromatic rings. The standard InChI is InChI=1S/C23H25N5O2/c1-15(2)13-25-20(29)12-16-8-10-18(11-9-16)27-23-19(21(24)30)14-26-22(28-23)17-6-4-3-5-7-17/h3-11,14-15H,12-13H2,1-2H3,(H2,24,30)(H,25,29)(H,26,27,28). The number of benzene rings is 2. The van der Waals surface area contributed by atoms with Crippen LogP contribution in [0.1, 0.15) is 29.8 Å². The fraction of sp³-hybridized carbons (Fsp3) is 0.217. The quantitative estimate of drug-likeness (QED) is 0.534. The molecule has 1 aromatic heterocycles. The van der Waals surface area contributed by atoms with Crippen LogP contribution in [0.4, 0.5) is 11.5 Å². The summed E-state index contributed by atoms with van der Waals surface area (Å²) in [5.41, 5.74) is 8.13. The van der Waals surface area contributed by atoms with Crippen molar-refractivity contribution in [1.82, 2.24) is 15.3 Å². The Balaban J connectivity index is 1.76. The number of nitrogens with two attached hydrogens (primary N) is 1. The lowest BCUT2D eigenvalue weighted by atomic mass is 10.1. The third-order valence-electron chi connectivity index (χ3n) is 4.38. The number of carbonyl (C=O) groups is 2. The minimum atomic E-state index is -0.615. The van der Waals surface area contributed by atoms with Gasteiger partial charge < -0.3 is 16.4 Å². The van der Waals surface area contributed by atoms with Crippen molar-refractivity contribution in [1.29, 1.82) is 0 Å². The van der Waals surface area contributed by atoms with E-state index in [1.807, 2.05) is 54.6 Å². The van der Waals surface area contributed by atoms with Crippen molar-refractivity contribution < 1.29 is 9.59 Å². The van der Waals surface area contributed by atoms with Gasteiger partial charge in [-0.3, -0.25) is 9.59 Å². The van der Waals surface area contributed by atoms with E-state index in [1.165, 1.54) is 6.20 Å². The van der Waals surface area contributed by atoms with E-state index in [2.05, 4.69) is 34.4 Å². The third kappa shape index (κ3) is 5.64. The maximum Gasteiger partial charge on any atom is 0.254 e. The Hall–Kier alpha value is -3.74. The number of nitrogens with zero attached hydrogens (tertiary/aromatic N) is 2. The molecule has 4 N–H and O–H groups in total. The first-order chi connectivity index (χ1) is 14.4. The average molecular weight is 403 g/mol. The van der Waals surface area contributed by atoms with E-state index in [4.69, 9.17) is 5.73 Å². The number of anilines is 2. The van der Waals surface area contributed by atoms with Gasteiger partial charge in [0.1, 0.15) is 11.4 Å². The van der Waals surface area contributed by atoms with E-state index in [9.17, 15) is 9.59 Å². The van der Waals surface area contributed by atoms with Crippen molar-refractivity contribution in [3.05, 3.63) is 71.9 Å². The first-order valence-electron chi connectivity index (χ1n) is 9.77. The van der Waals surface area contributed by atoms with E-state index >= 15 is 0 Å². The van der Waals surface area contributed by atoms with Crippen molar-refractivity contribution in [3.63, 3.8) is 0 Å². The maximum atomic E-state index is 12.0. The van der Waals surface area contributed by atoms with Crippen LogP contribution in [0.25, 0.3) is 11.4 Å². The Labute approximate surface area is 175 Å². The van der Waals surface area contributed by atoms with Crippen molar-refractivity contribution >= 4 is 23.3 Å². The Kier molecular flexibility index (Phi) is 6.75. The molecule has 0 spiro atoms. The van der Waals surface area contributed by atoms with Crippen molar-refractivity contribution in [2.75, 3.05) is 11.9 Å². The van der Waals surface area contributed by atoms with E-state index < -0.39 is 5.91 Å². The molecule has 3 rings (SSSR count). The summed E-state index contributed by atoms with van der Waals surface area (Å²) in [5, 5.41) is 6.04. The van der Waals surface area contributed by atoms with Crippen molar-refractivity contribution in [3.8, 4) is 11.4 Å². The van der Waals surface area contributed by atoms with Gasteiger partial charge in [0, 0.05) is 24.0 Å². The molecule has 0 saturated heterocycles. The minimum absolute atomic E-state index is 0.0104. The van der Waals surface area contributed by atoms with Crippen LogP contribution in [0.2, 0.25) is 0 Å². The average Bonchev–Trinajstić information content (AvgIpc) is 2.74. The van der Waals surface area contributed by atoms with Crippen molar-refractivity contribution in [2.45, 2.75) is 20.3 Å². The fourth-order valence-electron chi connectivity index (χ4n) is 2.79. The Bertz CT molecular complexity index is 1020. The first kappa shape index (κ1) is 21.0. The number of rotatable bonds is 8. The lowest BCUT2D eigenvalue weighted by molar-refractivity contribution is -0.120. The molecule has 154 valence electrons. The first-order valence-corrected chi connectivity index (χ1v) is 9.77. The van der Waals surface area contributed by atoms with Gasteiger partial charge in [-0.05, 0) is 23.6 Å². The number of amides is 2. The molecule has 0 saturated carbocycles. The molecule has 0 atom stereocenters. The summed E-state index contributed by atoms with van der Waals surface area (Å²) in [4.78, 5) is 32.5. The highest BCUT2D eigenvalue weighted by Gasteiger charge is 2.13. The van der Waals surface area contributed by atoms with Gasteiger partial charge in [-0.25, -0.2) is 9.97 Å². The van der Waals surface area contributed by atoms with Gasteiger partial charge in [-0.15, -0.1) is 0 Å². The third-order valence-corrected chi connectivity index (χ3v) is 4.38. The molecular formula is C23H25N5O2. The van der Waals surface area contributed by atoms with Gasteiger partial charge in [0.05, 0.1) is 6.42 Å². The van der Waals surface area contributed by atoms with E-state index in [0.717, 1.165) is 16.8 Å². The zero-order valence-corrected chi connectivity index (χ0v) is 17.1. The van der Waals surface area contributed by atoms with E-state index in [-0.39, 0.29) is 11.5 Å². The van der Waals surface area contributed by atoms with Crippen LogP contribution in [0.3, 0.4) is 0 Å². The monoisotopic (exact) mass is 403 g/mol. The summed E-state index contributed by atoms with van der Waals surface area (Å²) < 4.78 is 0. The molecule has 30 heavy (non-hydrogen) atoms. The van der Waals surface area contributed by atoms with E-state index in [0.29, 0.717) is 30.5 Å². The number of nitrogens with one attached hydrogen (secondary N) is 2. The van der Waals surface area contributed by atoms with Gasteiger partial charge >= 0.3 is 0 Å². The summed E-state index contributed by atoms with van der Waals surface area (Å²) >= 11 is 0. The highest BCUT2D eigenvalue weighted by molar-refractivity contribution is 5.98. The SMILES string of the molecule is CC(C)CNC(=O)Cc1ccc(Nc2nc(-c3ccccc3)ncc2C(N)=O)cc1. The maximum absolute atomic E-state index is 12.0. The predicted octanol–water partition coefficient (Wildman–Crippen LogP) is 3.30. The highest BCUT2D eigenvalue weighted by atomic mass is 16.1. The normalized spacial score (nSPS) is 10.6. The van der Waals surface area contributed by atoms with Crippen LogP contribution >= 0.6 is 0 Å². The van der Waals surface area contributed by atoms with Crippen LogP contribution in [0.15, 0.2) is 60.8 Å². The molecule has 0 aliphatic heterocycles. The molecule has 0 radical (unpaired) electrons. The fourth-order valence-corrected chi connectivity index (χ4v) is 2.79. The van der Waals surface area contributed by atoms with Gasteiger partial charge in [0.15, 0.2) is 5.82 Å². The zero-order valence-electron chi connectivity index (χ0n) is 17.1. The van der Waals surface area contributed by atoms with Gasteiger partial charge in [0.2, 0.25) is 5.91 Å². The van der Waals surface area contributed by atoms with Gasteiger partial charge in [-0.1, -0.05) is 56.3 Å². The topological polar surface area (TPSA) is 110 Å². The molecule has 7 heteroatoms. The molecular weight excluding hydrogens is 378 g/mol. The smallest absolute Gasteiger partial charge is 0.254 e. The van der Waals surface area contributed by atoms with Crippen LogP contribution in [-0.4, -0.2) is 28.3 Å². The number of primary amides is 1. The van der Waals surface area contributed by atoms with Gasteiger partial charge in [-0.2, -0.15) is 0 Å². The minimum Gasteiger partial charge on any atom is -0.365 e. The molecule has 0 aliphatic carbocycles. The number of carbonyl (C=O) groups excluding carboxylic acids is 2. The largest absolute Gasteiger partial charge is 0.365 e. The van der Waals surface area contributed by atoms with Crippen LogP contribution in [-0.2, 0) is 11.2 Å². The molecule has 2 amide bonds. The summed E-state index contributed by atoms with van der Waals surface area (Å²) in [6, 6.07) is 16.9. The predicted molar refractivity (Wildman–Crippen MR) is 117 cm³/mol. The number of aromatic nitrogens is 2. The molecule has 0 aliphatic rings. The highest BCUT2D eigenvalue weighted by Crippen LogP contribution is 2.22. The molecule has 0 bridgehead atoms. The second-order valence-electron chi connectivity index (χ2n) is 7.38. The summed E-state index contributed by atoms with van der Waals surface area (Å²) in [6.07, 6.45) is 1.73. The Morgan fingerprint density at radius 3 is 2.37 bits per heavy atom. The summed E-state index contributed by atoms with van der Waals surface area (Å²) in [5.74, 6) is 0.605. The summed E-state index contributed by atoms with van der Waals surface area (Å²) in [7, 11) is 0. The molecule has 0 fully saturated rings. The van der Waals surface area contributed by atoms with Gasteiger partial charge in [0.25, 0.3) is 5.91 Å². The summed E-state index contributed by atoms with van der Waals surface area (Å²) in [6.45, 7) is 4.76. The lowest BCUT2D eigenvalue weighted by Gasteiger charge is -2.11. The van der Waals surface area contributed by atoms with E-state index in [1.54, 1.807) is 0 Å². The Morgan fingerprint density at radius 2 is 1.73 bits per heavy atom. The lowest BCUT2D eigenvalue weighted by Crippen LogP contribution is -2.28. The zero-order chi connectivity index (χ0) is 21.5. The number of hydrogen-bond acceptors (Lipinski definition) is 5. The molecule has 2 aromatic carbocycles. The molecule has 1 heterocycles.